The number of benzene rings is 2. The Hall–Kier alpha value is -3.61. The van der Waals surface area contributed by atoms with E-state index in [0.29, 0.717) is 23.6 Å². The molecule has 0 spiro atoms. The van der Waals surface area contributed by atoms with Crippen LogP contribution in [0, 0.1) is 0 Å². The number of hydrogen-bond acceptors (Lipinski definition) is 6. The van der Waals surface area contributed by atoms with Gasteiger partial charge in [-0.1, -0.05) is 24.3 Å². The number of carbonyl (C=O) groups excluding carboxylic acids is 1. The third-order valence-corrected chi connectivity index (χ3v) is 4.09. The number of nitrogen functional groups attached to an aromatic ring is 1. The van der Waals surface area contributed by atoms with Gasteiger partial charge >= 0.3 is 0 Å². The first kappa shape index (κ1) is 18.2. The monoisotopic (exact) mass is 363 g/mol. The predicted octanol–water partition coefficient (Wildman–Crippen LogP) is 2.49. The minimum atomic E-state index is -0.468. The van der Waals surface area contributed by atoms with Crippen molar-refractivity contribution in [1.29, 1.82) is 0 Å². The molecular formula is C20H21N5O2. The minimum absolute atomic E-state index is 0.179. The molecule has 2 aromatic carbocycles. The van der Waals surface area contributed by atoms with E-state index in [-0.39, 0.29) is 5.95 Å². The molecule has 3 aromatic rings. The van der Waals surface area contributed by atoms with Crippen LogP contribution in [0.3, 0.4) is 0 Å². The molecule has 0 aliphatic carbocycles. The molecule has 138 valence electrons. The number of nitrogens with zero attached hydrogens (tertiary/aromatic N) is 2. The number of anilines is 2. The van der Waals surface area contributed by atoms with Gasteiger partial charge in [-0.3, -0.25) is 4.79 Å². The number of aromatic nitrogens is 2. The first-order valence-corrected chi connectivity index (χ1v) is 8.47. The van der Waals surface area contributed by atoms with Crippen LogP contribution < -0.4 is 21.5 Å². The van der Waals surface area contributed by atoms with E-state index in [1.54, 1.807) is 31.4 Å². The lowest BCUT2D eigenvalue weighted by Gasteiger charge is -2.09. The number of primary amides is 1. The number of amides is 1. The van der Waals surface area contributed by atoms with Gasteiger partial charge in [0, 0.05) is 23.7 Å². The summed E-state index contributed by atoms with van der Waals surface area (Å²) in [6.07, 6.45) is 0.830. The fourth-order valence-corrected chi connectivity index (χ4v) is 2.64. The summed E-state index contributed by atoms with van der Waals surface area (Å²) >= 11 is 0. The van der Waals surface area contributed by atoms with Crippen LogP contribution in [0.2, 0.25) is 0 Å². The largest absolute Gasteiger partial charge is 0.497 e. The SMILES string of the molecule is COc1ccc(CCNc2cc(-c3ccc(C(N)=O)cc3)nc(N)n2)cc1. The zero-order valence-electron chi connectivity index (χ0n) is 15.0. The molecular weight excluding hydrogens is 342 g/mol. The second-order valence-corrected chi connectivity index (χ2v) is 5.96. The first-order chi connectivity index (χ1) is 13.0. The van der Waals surface area contributed by atoms with E-state index in [9.17, 15) is 4.79 Å². The summed E-state index contributed by atoms with van der Waals surface area (Å²) in [7, 11) is 1.65. The second kappa shape index (κ2) is 8.18. The second-order valence-electron chi connectivity index (χ2n) is 5.96. The van der Waals surface area contributed by atoms with Crippen molar-refractivity contribution < 1.29 is 9.53 Å². The molecule has 0 atom stereocenters. The zero-order chi connectivity index (χ0) is 19.2. The topological polar surface area (TPSA) is 116 Å². The Kier molecular flexibility index (Phi) is 5.51. The van der Waals surface area contributed by atoms with Gasteiger partial charge in [0.15, 0.2) is 0 Å². The van der Waals surface area contributed by atoms with Crippen molar-refractivity contribution in [3.8, 4) is 17.0 Å². The van der Waals surface area contributed by atoms with Crippen LogP contribution in [0.4, 0.5) is 11.8 Å². The normalized spacial score (nSPS) is 10.4. The number of carbonyl (C=O) groups is 1. The Morgan fingerprint density at radius 2 is 1.78 bits per heavy atom. The van der Waals surface area contributed by atoms with E-state index in [1.165, 1.54) is 5.56 Å². The summed E-state index contributed by atoms with van der Waals surface area (Å²) in [6.45, 7) is 0.697. The molecule has 0 saturated heterocycles. The maximum atomic E-state index is 11.2. The lowest BCUT2D eigenvalue weighted by Crippen LogP contribution is -2.10. The lowest BCUT2D eigenvalue weighted by molar-refractivity contribution is 0.100. The lowest BCUT2D eigenvalue weighted by atomic mass is 10.1. The highest BCUT2D eigenvalue weighted by molar-refractivity contribution is 5.93. The molecule has 1 heterocycles. The molecule has 0 aliphatic heterocycles. The Morgan fingerprint density at radius 1 is 1.07 bits per heavy atom. The van der Waals surface area contributed by atoms with E-state index >= 15 is 0 Å². The molecule has 1 amide bonds. The van der Waals surface area contributed by atoms with Crippen LogP contribution in [0.1, 0.15) is 15.9 Å². The highest BCUT2D eigenvalue weighted by atomic mass is 16.5. The highest BCUT2D eigenvalue weighted by Crippen LogP contribution is 2.21. The number of nitrogens with one attached hydrogen (secondary N) is 1. The number of methoxy groups -OCH3 is 1. The van der Waals surface area contributed by atoms with E-state index in [0.717, 1.165) is 17.7 Å². The first-order valence-electron chi connectivity index (χ1n) is 8.47. The van der Waals surface area contributed by atoms with Crippen LogP contribution in [-0.2, 0) is 6.42 Å². The van der Waals surface area contributed by atoms with Gasteiger partial charge < -0.3 is 21.5 Å². The third kappa shape index (κ3) is 4.72. The van der Waals surface area contributed by atoms with E-state index in [2.05, 4.69) is 15.3 Å². The molecule has 0 saturated carbocycles. The van der Waals surface area contributed by atoms with Crippen molar-refractivity contribution in [1.82, 2.24) is 9.97 Å². The predicted molar refractivity (Wildman–Crippen MR) is 106 cm³/mol. The minimum Gasteiger partial charge on any atom is -0.497 e. The average Bonchev–Trinajstić information content (AvgIpc) is 2.68. The summed E-state index contributed by atoms with van der Waals surface area (Å²) in [5.41, 5.74) is 14.2. The van der Waals surface area contributed by atoms with Crippen molar-refractivity contribution in [3.05, 3.63) is 65.7 Å². The molecule has 0 bridgehead atoms. The smallest absolute Gasteiger partial charge is 0.248 e. The van der Waals surface area contributed by atoms with Crippen LogP contribution in [0.5, 0.6) is 5.75 Å². The fourth-order valence-electron chi connectivity index (χ4n) is 2.64. The number of nitrogens with two attached hydrogens (primary N) is 2. The van der Waals surface area contributed by atoms with Gasteiger partial charge in [0.25, 0.3) is 0 Å². The van der Waals surface area contributed by atoms with Gasteiger partial charge in [0.05, 0.1) is 12.8 Å². The summed E-state index contributed by atoms with van der Waals surface area (Å²) < 4.78 is 5.16. The highest BCUT2D eigenvalue weighted by Gasteiger charge is 2.07. The van der Waals surface area contributed by atoms with Crippen molar-refractivity contribution in [2.24, 2.45) is 5.73 Å². The van der Waals surface area contributed by atoms with Crippen molar-refractivity contribution >= 4 is 17.7 Å². The van der Waals surface area contributed by atoms with Crippen LogP contribution in [0.25, 0.3) is 11.3 Å². The molecule has 5 N–H and O–H groups in total. The van der Waals surface area contributed by atoms with Gasteiger partial charge in [0.2, 0.25) is 11.9 Å². The van der Waals surface area contributed by atoms with Gasteiger partial charge in [-0.25, -0.2) is 4.98 Å². The molecule has 0 fully saturated rings. The fraction of sp³-hybridized carbons (Fsp3) is 0.150. The van der Waals surface area contributed by atoms with E-state index < -0.39 is 5.91 Å². The Balaban J connectivity index is 1.68. The maximum absolute atomic E-state index is 11.2. The van der Waals surface area contributed by atoms with Gasteiger partial charge in [-0.2, -0.15) is 4.98 Å². The Labute approximate surface area is 157 Å². The number of rotatable bonds is 7. The third-order valence-electron chi connectivity index (χ3n) is 4.09. The molecule has 7 heteroatoms. The van der Waals surface area contributed by atoms with Crippen LogP contribution >= 0.6 is 0 Å². The molecule has 3 rings (SSSR count). The summed E-state index contributed by atoms with van der Waals surface area (Å²) in [5.74, 6) is 1.19. The van der Waals surface area contributed by atoms with Gasteiger partial charge in [-0.05, 0) is 36.2 Å². The summed E-state index contributed by atoms with van der Waals surface area (Å²) in [4.78, 5) is 19.7. The molecule has 0 aliphatic rings. The molecule has 0 unspecified atom stereocenters. The Morgan fingerprint density at radius 3 is 2.41 bits per heavy atom. The maximum Gasteiger partial charge on any atom is 0.248 e. The molecule has 7 nitrogen and oxygen atoms in total. The van der Waals surface area contributed by atoms with Crippen molar-refractivity contribution in [2.45, 2.75) is 6.42 Å². The Bertz CT molecular complexity index is 924. The molecule has 27 heavy (non-hydrogen) atoms. The van der Waals surface area contributed by atoms with Crippen molar-refractivity contribution in [2.75, 3.05) is 24.7 Å². The van der Waals surface area contributed by atoms with E-state index in [4.69, 9.17) is 16.2 Å². The average molecular weight is 363 g/mol. The summed E-state index contributed by atoms with van der Waals surface area (Å²) in [6, 6.07) is 16.6. The molecule has 0 radical (unpaired) electrons. The quantitative estimate of drug-likeness (QED) is 0.594. The van der Waals surface area contributed by atoms with Crippen LogP contribution in [-0.4, -0.2) is 29.5 Å². The summed E-state index contributed by atoms with van der Waals surface area (Å²) in [5, 5.41) is 3.27. The van der Waals surface area contributed by atoms with E-state index in [1.807, 2.05) is 30.3 Å². The van der Waals surface area contributed by atoms with Crippen LogP contribution in [0.15, 0.2) is 54.6 Å². The molecule has 1 aromatic heterocycles. The number of ether oxygens (including phenoxy) is 1. The van der Waals surface area contributed by atoms with Gasteiger partial charge in [-0.15, -0.1) is 0 Å². The zero-order valence-corrected chi connectivity index (χ0v) is 15.0. The van der Waals surface area contributed by atoms with Crippen molar-refractivity contribution in [3.63, 3.8) is 0 Å². The number of hydrogen-bond donors (Lipinski definition) is 3. The van der Waals surface area contributed by atoms with Gasteiger partial charge in [0.1, 0.15) is 11.6 Å². The standard InChI is InChI=1S/C20H21N5O2/c1-27-16-8-2-13(3-9-16)10-11-23-18-12-17(24-20(22)25-18)14-4-6-15(7-5-14)19(21)26/h2-9,12H,10-11H2,1H3,(H2,21,26)(H3,22,23,24,25).